The van der Waals surface area contributed by atoms with E-state index in [9.17, 15) is 14.7 Å². The normalized spacial score (nSPS) is 24.1. The lowest BCUT2D eigenvalue weighted by Gasteiger charge is -2.28. The molecule has 0 aromatic heterocycles. The van der Waals surface area contributed by atoms with Gasteiger partial charge in [0.05, 0.1) is 0 Å². The lowest BCUT2D eigenvalue weighted by Crippen LogP contribution is -2.57. The van der Waals surface area contributed by atoms with Crippen molar-refractivity contribution in [1.82, 2.24) is 10.6 Å². The molecule has 0 bridgehead atoms. The van der Waals surface area contributed by atoms with Crippen molar-refractivity contribution in [2.24, 2.45) is 5.92 Å². The van der Waals surface area contributed by atoms with Crippen LogP contribution in [0.25, 0.3) is 0 Å². The predicted molar refractivity (Wildman–Crippen MR) is 71.9 cm³/mol. The van der Waals surface area contributed by atoms with E-state index in [4.69, 9.17) is 0 Å². The lowest BCUT2D eigenvalue weighted by molar-refractivity contribution is -0.144. The van der Waals surface area contributed by atoms with Gasteiger partial charge in [-0.05, 0) is 38.5 Å². The monoisotopic (exact) mass is 268 g/mol. The maximum Gasteiger partial charge on any atom is 0.329 e. The van der Waals surface area contributed by atoms with Crippen LogP contribution in [0.3, 0.4) is 0 Å². The molecule has 3 N–H and O–H groups in total. The van der Waals surface area contributed by atoms with Crippen LogP contribution in [0.15, 0.2) is 0 Å². The zero-order valence-electron chi connectivity index (χ0n) is 11.6. The van der Waals surface area contributed by atoms with Crippen LogP contribution in [0.4, 0.5) is 4.79 Å². The molecule has 5 heteroatoms. The molecule has 2 aliphatic rings. The highest BCUT2D eigenvalue weighted by atomic mass is 16.4. The number of hydrogen-bond donors (Lipinski definition) is 3. The molecule has 0 radical (unpaired) electrons. The fourth-order valence-corrected chi connectivity index (χ4v) is 3.41. The van der Waals surface area contributed by atoms with Crippen molar-refractivity contribution in [3.8, 4) is 0 Å². The van der Waals surface area contributed by atoms with E-state index < -0.39 is 11.5 Å². The van der Waals surface area contributed by atoms with E-state index in [-0.39, 0.29) is 12.1 Å². The van der Waals surface area contributed by atoms with E-state index in [1.54, 1.807) is 0 Å². The van der Waals surface area contributed by atoms with Gasteiger partial charge in [-0.1, -0.05) is 25.7 Å². The first-order chi connectivity index (χ1) is 9.03. The van der Waals surface area contributed by atoms with Gasteiger partial charge in [0.25, 0.3) is 0 Å². The van der Waals surface area contributed by atoms with Crippen LogP contribution >= 0.6 is 0 Å². The standard InChI is InChI=1S/C14H24N2O3/c1-10(11-6-2-3-7-11)15-13(19)16-14(12(17)18)8-4-5-9-14/h10-11H,2-9H2,1H3,(H,17,18)(H2,15,16,19). The second-order valence-corrected chi connectivity index (χ2v) is 6.03. The van der Waals surface area contributed by atoms with Crippen molar-refractivity contribution in [1.29, 1.82) is 0 Å². The van der Waals surface area contributed by atoms with E-state index in [0.29, 0.717) is 18.8 Å². The molecule has 2 saturated carbocycles. The minimum Gasteiger partial charge on any atom is -0.480 e. The molecule has 1 unspecified atom stereocenters. The third-order valence-corrected chi connectivity index (χ3v) is 4.69. The van der Waals surface area contributed by atoms with Gasteiger partial charge in [0.1, 0.15) is 5.54 Å². The maximum atomic E-state index is 12.0. The number of carbonyl (C=O) groups excluding carboxylic acids is 1. The molecule has 2 rings (SSSR count). The average Bonchev–Trinajstić information content (AvgIpc) is 2.99. The van der Waals surface area contributed by atoms with Crippen molar-refractivity contribution in [2.75, 3.05) is 0 Å². The van der Waals surface area contributed by atoms with E-state index in [0.717, 1.165) is 25.7 Å². The summed E-state index contributed by atoms with van der Waals surface area (Å²) in [7, 11) is 0. The number of hydrogen-bond acceptors (Lipinski definition) is 2. The summed E-state index contributed by atoms with van der Waals surface area (Å²) in [5.74, 6) is -0.372. The van der Waals surface area contributed by atoms with Crippen molar-refractivity contribution >= 4 is 12.0 Å². The van der Waals surface area contributed by atoms with Gasteiger partial charge < -0.3 is 15.7 Å². The Hall–Kier alpha value is -1.26. The van der Waals surface area contributed by atoms with E-state index in [2.05, 4.69) is 10.6 Å². The molecule has 0 spiro atoms. The molecule has 2 aliphatic carbocycles. The van der Waals surface area contributed by atoms with E-state index in [1.807, 2.05) is 6.92 Å². The molecule has 108 valence electrons. The highest BCUT2D eigenvalue weighted by molar-refractivity contribution is 5.86. The van der Waals surface area contributed by atoms with Gasteiger partial charge in [-0.25, -0.2) is 9.59 Å². The SMILES string of the molecule is CC(NC(=O)NC1(C(=O)O)CCCC1)C1CCCC1. The van der Waals surface area contributed by atoms with Crippen molar-refractivity contribution < 1.29 is 14.7 Å². The molecule has 0 aromatic rings. The second kappa shape index (κ2) is 5.80. The fraction of sp³-hybridized carbons (Fsp3) is 0.857. The van der Waals surface area contributed by atoms with Gasteiger partial charge in [0.2, 0.25) is 0 Å². The molecule has 0 aliphatic heterocycles. The van der Waals surface area contributed by atoms with Crippen molar-refractivity contribution in [3.05, 3.63) is 0 Å². The average molecular weight is 268 g/mol. The summed E-state index contributed by atoms with van der Waals surface area (Å²) in [6.45, 7) is 2.01. The zero-order valence-corrected chi connectivity index (χ0v) is 11.6. The molecular weight excluding hydrogens is 244 g/mol. The number of carboxylic acid groups (broad SMARTS) is 1. The molecule has 0 heterocycles. The number of aliphatic carboxylic acids is 1. The Labute approximate surface area is 114 Å². The molecule has 1 atom stereocenters. The van der Waals surface area contributed by atoms with Gasteiger partial charge >= 0.3 is 12.0 Å². The van der Waals surface area contributed by atoms with Crippen molar-refractivity contribution in [3.63, 3.8) is 0 Å². The Balaban J connectivity index is 1.87. The topological polar surface area (TPSA) is 78.4 Å². The summed E-state index contributed by atoms with van der Waals surface area (Å²) in [6.07, 6.45) is 7.59. The van der Waals surface area contributed by atoms with Crippen LogP contribution in [0.2, 0.25) is 0 Å². The third kappa shape index (κ3) is 3.19. The van der Waals surface area contributed by atoms with E-state index in [1.165, 1.54) is 12.8 Å². The van der Waals surface area contributed by atoms with Crippen LogP contribution in [0.5, 0.6) is 0 Å². The number of carboxylic acids is 1. The Morgan fingerprint density at radius 2 is 1.74 bits per heavy atom. The first-order valence-electron chi connectivity index (χ1n) is 7.35. The Kier molecular flexibility index (Phi) is 4.32. The molecule has 19 heavy (non-hydrogen) atoms. The smallest absolute Gasteiger partial charge is 0.329 e. The molecule has 0 aromatic carbocycles. The van der Waals surface area contributed by atoms with Gasteiger partial charge in [-0.2, -0.15) is 0 Å². The first-order valence-corrected chi connectivity index (χ1v) is 7.35. The van der Waals surface area contributed by atoms with Crippen LogP contribution in [0.1, 0.15) is 58.3 Å². The highest BCUT2D eigenvalue weighted by Gasteiger charge is 2.42. The number of nitrogens with one attached hydrogen (secondary N) is 2. The predicted octanol–water partition coefficient (Wildman–Crippen LogP) is 2.26. The maximum absolute atomic E-state index is 12.0. The molecular formula is C14H24N2O3. The number of amides is 2. The third-order valence-electron chi connectivity index (χ3n) is 4.69. The largest absolute Gasteiger partial charge is 0.480 e. The van der Waals surface area contributed by atoms with Crippen LogP contribution in [-0.2, 0) is 4.79 Å². The van der Waals surface area contributed by atoms with Crippen LogP contribution in [-0.4, -0.2) is 28.7 Å². The molecule has 5 nitrogen and oxygen atoms in total. The van der Waals surface area contributed by atoms with Gasteiger partial charge in [-0.3, -0.25) is 0 Å². The van der Waals surface area contributed by atoms with Crippen molar-refractivity contribution in [2.45, 2.75) is 69.9 Å². The van der Waals surface area contributed by atoms with Gasteiger partial charge in [0, 0.05) is 6.04 Å². The van der Waals surface area contributed by atoms with Gasteiger partial charge in [-0.15, -0.1) is 0 Å². The van der Waals surface area contributed by atoms with Gasteiger partial charge in [0.15, 0.2) is 0 Å². The Morgan fingerprint density at radius 1 is 1.16 bits per heavy atom. The number of urea groups is 1. The summed E-state index contributed by atoms with van der Waals surface area (Å²) < 4.78 is 0. The lowest BCUT2D eigenvalue weighted by atomic mass is 9.97. The highest BCUT2D eigenvalue weighted by Crippen LogP contribution is 2.30. The molecule has 2 fully saturated rings. The fourth-order valence-electron chi connectivity index (χ4n) is 3.41. The summed E-state index contributed by atoms with van der Waals surface area (Å²) in [4.78, 5) is 23.3. The molecule has 0 saturated heterocycles. The quantitative estimate of drug-likeness (QED) is 0.731. The Morgan fingerprint density at radius 3 is 2.26 bits per heavy atom. The minimum atomic E-state index is -1.04. The van der Waals surface area contributed by atoms with Crippen LogP contribution in [0, 0.1) is 5.92 Å². The summed E-state index contributed by atoms with van der Waals surface area (Å²) in [5.41, 5.74) is -1.04. The number of carbonyl (C=O) groups is 2. The first kappa shape index (κ1) is 14.2. The summed E-state index contributed by atoms with van der Waals surface area (Å²) in [5, 5.41) is 14.9. The zero-order chi connectivity index (χ0) is 13.9. The summed E-state index contributed by atoms with van der Waals surface area (Å²) >= 11 is 0. The second-order valence-electron chi connectivity index (χ2n) is 6.03. The van der Waals surface area contributed by atoms with E-state index >= 15 is 0 Å². The number of rotatable bonds is 4. The summed E-state index contributed by atoms with van der Waals surface area (Å²) in [6, 6.07) is -0.210. The minimum absolute atomic E-state index is 0.120. The molecule has 2 amide bonds. The van der Waals surface area contributed by atoms with Crippen LogP contribution < -0.4 is 10.6 Å². The Bertz CT molecular complexity index is 345.